The Morgan fingerprint density at radius 2 is 2.10 bits per heavy atom. The Morgan fingerprint density at radius 3 is 2.75 bits per heavy atom. The van der Waals surface area contributed by atoms with Crippen LogP contribution in [0.3, 0.4) is 0 Å². The maximum atomic E-state index is 12.7. The van der Waals surface area contributed by atoms with Crippen molar-refractivity contribution in [1.82, 2.24) is 4.90 Å². The van der Waals surface area contributed by atoms with Gasteiger partial charge in [-0.2, -0.15) is 13.2 Å². The van der Waals surface area contributed by atoms with E-state index in [2.05, 4.69) is 0 Å². The number of aromatic hydroxyl groups is 1. The molecule has 0 bridgehead atoms. The molecule has 1 heterocycles. The number of rotatable bonds is 1. The highest BCUT2D eigenvalue weighted by Gasteiger charge is 2.42. The van der Waals surface area contributed by atoms with Crippen molar-refractivity contribution in [3.05, 3.63) is 28.8 Å². The van der Waals surface area contributed by atoms with Gasteiger partial charge in [-0.15, -0.1) is 0 Å². The molecule has 1 aliphatic heterocycles. The van der Waals surface area contributed by atoms with Crippen LogP contribution in [0.2, 0.25) is 5.02 Å². The van der Waals surface area contributed by atoms with Crippen molar-refractivity contribution in [2.45, 2.75) is 19.0 Å². The summed E-state index contributed by atoms with van der Waals surface area (Å²) < 4.78 is 38.1. The number of alkyl halides is 3. The molecule has 0 aliphatic carbocycles. The van der Waals surface area contributed by atoms with Crippen LogP contribution in [0.4, 0.5) is 13.2 Å². The fraction of sp³-hybridized carbons (Fsp3) is 0.462. The Hall–Kier alpha value is -1.43. The number of halogens is 4. The van der Waals surface area contributed by atoms with E-state index in [1.165, 1.54) is 18.2 Å². The summed E-state index contributed by atoms with van der Waals surface area (Å²) in [5.74, 6) is -2.42. The van der Waals surface area contributed by atoms with E-state index in [1.807, 2.05) is 0 Å². The number of carbonyl (C=O) groups is 1. The van der Waals surface area contributed by atoms with Crippen molar-refractivity contribution in [2.75, 3.05) is 13.1 Å². The fourth-order valence-electron chi connectivity index (χ4n) is 2.28. The monoisotopic (exact) mass is 307 g/mol. The van der Waals surface area contributed by atoms with Gasteiger partial charge in [-0.05, 0) is 31.0 Å². The lowest BCUT2D eigenvalue weighted by Crippen LogP contribution is -2.44. The lowest BCUT2D eigenvalue weighted by molar-refractivity contribution is -0.184. The molecule has 1 saturated heterocycles. The summed E-state index contributed by atoms with van der Waals surface area (Å²) in [4.78, 5) is 13.3. The Balaban J connectivity index is 2.18. The molecule has 0 unspecified atom stereocenters. The van der Waals surface area contributed by atoms with E-state index in [9.17, 15) is 23.1 Å². The lowest BCUT2D eigenvalue weighted by Gasteiger charge is -2.33. The highest BCUT2D eigenvalue weighted by atomic mass is 35.5. The molecular formula is C13H13ClF3NO2. The lowest BCUT2D eigenvalue weighted by atomic mass is 9.97. The molecule has 110 valence electrons. The zero-order chi connectivity index (χ0) is 14.9. The third-order valence-electron chi connectivity index (χ3n) is 3.36. The van der Waals surface area contributed by atoms with E-state index in [-0.39, 0.29) is 42.3 Å². The van der Waals surface area contributed by atoms with Gasteiger partial charge in [-0.25, -0.2) is 0 Å². The van der Waals surface area contributed by atoms with E-state index in [1.54, 1.807) is 0 Å². The minimum absolute atomic E-state index is 0.0226. The normalized spacial score (nSPS) is 20.0. The number of likely N-dealkylation sites (tertiary alicyclic amines) is 1. The zero-order valence-corrected chi connectivity index (χ0v) is 11.2. The number of amides is 1. The third-order valence-corrected chi connectivity index (χ3v) is 3.60. The van der Waals surface area contributed by atoms with Crippen molar-refractivity contribution >= 4 is 17.5 Å². The molecule has 0 spiro atoms. The number of hydrogen-bond donors (Lipinski definition) is 1. The SMILES string of the molecule is O=C(c1cc(Cl)ccc1O)N1CCC[C@@H](C(F)(F)F)C1. The Kier molecular flexibility index (Phi) is 4.13. The Morgan fingerprint density at radius 1 is 1.40 bits per heavy atom. The molecular weight excluding hydrogens is 295 g/mol. The van der Waals surface area contributed by atoms with Crippen LogP contribution in [0.15, 0.2) is 18.2 Å². The summed E-state index contributed by atoms with van der Waals surface area (Å²) in [6.07, 6.45) is -4.00. The molecule has 0 radical (unpaired) electrons. The molecule has 0 saturated carbocycles. The van der Waals surface area contributed by atoms with Crippen molar-refractivity contribution in [3.8, 4) is 5.75 Å². The molecule has 0 aromatic heterocycles. The van der Waals surface area contributed by atoms with Crippen LogP contribution < -0.4 is 0 Å². The van der Waals surface area contributed by atoms with Crippen molar-refractivity contribution in [3.63, 3.8) is 0 Å². The van der Waals surface area contributed by atoms with Crippen LogP contribution in [0.5, 0.6) is 5.75 Å². The van der Waals surface area contributed by atoms with E-state index >= 15 is 0 Å². The number of benzene rings is 1. The number of phenols is 1. The quantitative estimate of drug-likeness (QED) is 0.863. The molecule has 2 rings (SSSR count). The van der Waals surface area contributed by atoms with E-state index < -0.39 is 18.0 Å². The Bertz CT molecular complexity index is 519. The second kappa shape index (κ2) is 5.52. The molecule has 3 nitrogen and oxygen atoms in total. The number of hydrogen-bond acceptors (Lipinski definition) is 2. The summed E-state index contributed by atoms with van der Waals surface area (Å²) >= 11 is 5.74. The van der Waals surface area contributed by atoms with Gasteiger partial charge in [0.25, 0.3) is 5.91 Å². The minimum Gasteiger partial charge on any atom is -0.507 e. The smallest absolute Gasteiger partial charge is 0.393 e. The maximum absolute atomic E-state index is 12.7. The largest absolute Gasteiger partial charge is 0.507 e. The molecule has 1 aliphatic rings. The topological polar surface area (TPSA) is 40.5 Å². The highest BCUT2D eigenvalue weighted by Crippen LogP contribution is 2.34. The van der Waals surface area contributed by atoms with Crippen LogP contribution in [0.1, 0.15) is 23.2 Å². The summed E-state index contributed by atoms with van der Waals surface area (Å²) in [6.45, 7) is -0.133. The zero-order valence-electron chi connectivity index (χ0n) is 10.5. The fourth-order valence-corrected chi connectivity index (χ4v) is 2.45. The van der Waals surface area contributed by atoms with E-state index in [0.29, 0.717) is 0 Å². The van der Waals surface area contributed by atoms with Crippen LogP contribution in [0, 0.1) is 5.92 Å². The van der Waals surface area contributed by atoms with Gasteiger partial charge in [-0.3, -0.25) is 4.79 Å². The molecule has 1 amide bonds. The van der Waals surface area contributed by atoms with Gasteiger partial charge in [0.05, 0.1) is 11.5 Å². The number of carbonyl (C=O) groups excluding carboxylic acids is 1. The van der Waals surface area contributed by atoms with Crippen molar-refractivity contribution < 1.29 is 23.1 Å². The first kappa shape index (κ1) is 15.0. The van der Waals surface area contributed by atoms with Gasteiger partial charge in [0.15, 0.2) is 0 Å². The summed E-state index contributed by atoms with van der Waals surface area (Å²) in [7, 11) is 0. The average molecular weight is 308 g/mol. The molecule has 7 heteroatoms. The predicted octanol–water partition coefficient (Wildman–Crippen LogP) is 3.46. The van der Waals surface area contributed by atoms with Gasteiger partial charge in [-0.1, -0.05) is 11.6 Å². The first-order valence-electron chi connectivity index (χ1n) is 6.13. The molecule has 20 heavy (non-hydrogen) atoms. The van der Waals surface area contributed by atoms with Gasteiger partial charge in [0.1, 0.15) is 5.75 Å². The van der Waals surface area contributed by atoms with Crippen LogP contribution in [-0.2, 0) is 0 Å². The molecule has 1 aromatic rings. The number of phenolic OH excluding ortho intramolecular Hbond substituents is 1. The van der Waals surface area contributed by atoms with Crippen molar-refractivity contribution in [1.29, 1.82) is 0 Å². The number of nitrogens with zero attached hydrogens (tertiary/aromatic N) is 1. The van der Waals surface area contributed by atoms with Crippen LogP contribution in [0.25, 0.3) is 0 Å². The van der Waals surface area contributed by atoms with Gasteiger partial charge >= 0.3 is 6.18 Å². The maximum Gasteiger partial charge on any atom is 0.393 e. The third kappa shape index (κ3) is 3.17. The number of piperidine rings is 1. The van der Waals surface area contributed by atoms with Crippen molar-refractivity contribution in [2.24, 2.45) is 5.92 Å². The average Bonchev–Trinajstić information content (AvgIpc) is 2.40. The summed E-state index contributed by atoms with van der Waals surface area (Å²) in [5.41, 5.74) is -0.0691. The summed E-state index contributed by atoms with van der Waals surface area (Å²) in [6, 6.07) is 3.92. The van der Waals surface area contributed by atoms with Crippen LogP contribution in [-0.4, -0.2) is 35.2 Å². The second-order valence-corrected chi connectivity index (χ2v) is 5.23. The van der Waals surface area contributed by atoms with Crippen LogP contribution >= 0.6 is 11.6 Å². The van der Waals surface area contributed by atoms with Gasteiger partial charge in [0.2, 0.25) is 0 Å². The standard InChI is InChI=1S/C13H13ClF3NO2/c14-9-3-4-11(19)10(6-9)12(20)18-5-1-2-8(7-18)13(15,16)17/h3-4,6,8,19H,1-2,5,7H2/t8-/m1/s1. The summed E-state index contributed by atoms with van der Waals surface area (Å²) in [5, 5.41) is 9.88. The van der Waals surface area contributed by atoms with Gasteiger partial charge in [0, 0.05) is 18.1 Å². The van der Waals surface area contributed by atoms with Gasteiger partial charge < -0.3 is 10.0 Å². The Labute approximate surface area is 118 Å². The highest BCUT2D eigenvalue weighted by molar-refractivity contribution is 6.31. The van der Waals surface area contributed by atoms with E-state index in [4.69, 9.17) is 11.6 Å². The molecule has 1 aromatic carbocycles. The predicted molar refractivity (Wildman–Crippen MR) is 67.8 cm³/mol. The second-order valence-electron chi connectivity index (χ2n) is 4.79. The molecule has 1 atom stereocenters. The first-order valence-corrected chi connectivity index (χ1v) is 6.51. The first-order chi connectivity index (χ1) is 9.29. The molecule has 1 N–H and O–H groups in total. The minimum atomic E-state index is -4.31. The molecule has 1 fully saturated rings. The van der Waals surface area contributed by atoms with E-state index in [0.717, 1.165) is 4.90 Å².